The van der Waals surface area contributed by atoms with Gasteiger partial charge < -0.3 is 14.6 Å². The highest BCUT2D eigenvalue weighted by molar-refractivity contribution is 5.90. The maximum atomic E-state index is 11.8. The molecule has 1 aliphatic heterocycles. The lowest BCUT2D eigenvalue weighted by molar-refractivity contribution is -0.00907. The highest BCUT2D eigenvalue weighted by Gasteiger charge is 2.21. The zero-order chi connectivity index (χ0) is 15.1. The molecule has 0 unspecified atom stereocenters. The number of carbonyl (C=O) groups excluding carboxylic acids is 1. The molecule has 1 saturated heterocycles. The van der Waals surface area contributed by atoms with E-state index in [-0.39, 0.29) is 18.7 Å². The first-order valence-electron chi connectivity index (χ1n) is 7.35. The Bertz CT molecular complexity index is 455. The molecular formula is C16H23NO4. The van der Waals surface area contributed by atoms with Crippen LogP contribution in [0.15, 0.2) is 24.3 Å². The Labute approximate surface area is 125 Å². The van der Waals surface area contributed by atoms with Gasteiger partial charge in [0.1, 0.15) is 0 Å². The van der Waals surface area contributed by atoms with Gasteiger partial charge in [-0.2, -0.15) is 0 Å². The third-order valence-corrected chi connectivity index (χ3v) is 3.80. The average Bonchev–Trinajstić information content (AvgIpc) is 2.54. The van der Waals surface area contributed by atoms with Gasteiger partial charge in [-0.15, -0.1) is 0 Å². The van der Waals surface area contributed by atoms with E-state index in [2.05, 4.69) is 4.90 Å². The van der Waals surface area contributed by atoms with Gasteiger partial charge in [0.15, 0.2) is 0 Å². The fraction of sp³-hybridized carbons (Fsp3) is 0.562. The summed E-state index contributed by atoms with van der Waals surface area (Å²) in [6.07, 6.45) is 2.16. The van der Waals surface area contributed by atoms with Gasteiger partial charge in [-0.1, -0.05) is 18.2 Å². The number of methoxy groups -OCH3 is 1. The molecule has 1 fully saturated rings. The molecular weight excluding hydrogens is 270 g/mol. The number of hydrogen-bond donors (Lipinski definition) is 1. The average molecular weight is 293 g/mol. The Hall–Kier alpha value is -1.43. The van der Waals surface area contributed by atoms with Gasteiger partial charge in [-0.25, -0.2) is 4.79 Å². The lowest BCUT2D eigenvalue weighted by Crippen LogP contribution is -2.37. The number of aliphatic hydroxyl groups excluding tert-OH is 1. The van der Waals surface area contributed by atoms with E-state index in [9.17, 15) is 4.79 Å². The van der Waals surface area contributed by atoms with Crippen LogP contribution in [-0.4, -0.2) is 55.5 Å². The number of likely N-dealkylation sites (tertiary alicyclic amines) is 1. The van der Waals surface area contributed by atoms with Crippen molar-refractivity contribution in [3.8, 4) is 0 Å². The van der Waals surface area contributed by atoms with Crippen molar-refractivity contribution in [3.63, 3.8) is 0 Å². The number of ether oxygens (including phenoxy) is 2. The smallest absolute Gasteiger partial charge is 0.338 e. The van der Waals surface area contributed by atoms with Crippen LogP contribution < -0.4 is 0 Å². The van der Waals surface area contributed by atoms with Crippen molar-refractivity contribution in [2.75, 3.05) is 33.4 Å². The third kappa shape index (κ3) is 4.52. The van der Waals surface area contributed by atoms with Crippen molar-refractivity contribution in [1.29, 1.82) is 0 Å². The molecule has 21 heavy (non-hydrogen) atoms. The molecule has 0 bridgehead atoms. The van der Waals surface area contributed by atoms with Crippen molar-refractivity contribution >= 4 is 5.97 Å². The Kier molecular flexibility index (Phi) is 6.17. The fourth-order valence-electron chi connectivity index (χ4n) is 2.66. The molecule has 1 N–H and O–H groups in total. The highest BCUT2D eigenvalue weighted by Crippen LogP contribution is 2.18. The minimum absolute atomic E-state index is 0.0761. The summed E-state index contributed by atoms with van der Waals surface area (Å²) < 4.78 is 10.4. The molecule has 5 heteroatoms. The Morgan fingerprint density at radius 2 is 2.05 bits per heavy atom. The molecule has 2 rings (SSSR count). The van der Waals surface area contributed by atoms with Gasteiger partial charge >= 0.3 is 5.97 Å². The molecule has 0 spiro atoms. The largest absolute Gasteiger partial charge is 0.465 e. The van der Waals surface area contributed by atoms with Crippen LogP contribution in [-0.2, 0) is 16.0 Å². The minimum atomic E-state index is -0.285. The monoisotopic (exact) mass is 293 g/mol. The van der Waals surface area contributed by atoms with Crippen LogP contribution in [0.1, 0.15) is 28.8 Å². The molecule has 5 nitrogen and oxygen atoms in total. The molecule has 0 aromatic heterocycles. The van der Waals surface area contributed by atoms with E-state index in [1.807, 2.05) is 18.2 Å². The third-order valence-electron chi connectivity index (χ3n) is 3.80. The van der Waals surface area contributed by atoms with E-state index in [0.717, 1.165) is 38.0 Å². The number of aliphatic hydroxyl groups is 1. The molecule has 0 radical (unpaired) electrons. The number of piperidine rings is 1. The highest BCUT2D eigenvalue weighted by atomic mass is 16.5. The van der Waals surface area contributed by atoms with Crippen molar-refractivity contribution in [3.05, 3.63) is 35.4 Å². The first kappa shape index (κ1) is 15.9. The summed E-state index contributed by atoms with van der Waals surface area (Å²) in [7, 11) is 1.41. The predicted molar refractivity (Wildman–Crippen MR) is 79.1 cm³/mol. The number of carbonyl (C=O) groups is 1. The van der Waals surface area contributed by atoms with Crippen molar-refractivity contribution in [2.45, 2.75) is 25.5 Å². The van der Waals surface area contributed by atoms with Crippen LogP contribution in [0.2, 0.25) is 0 Å². The summed E-state index contributed by atoms with van der Waals surface area (Å²) in [5.74, 6) is -0.285. The molecule has 1 aromatic carbocycles. The zero-order valence-electron chi connectivity index (χ0n) is 12.5. The second-order valence-electron chi connectivity index (χ2n) is 5.22. The molecule has 0 saturated carbocycles. The maximum Gasteiger partial charge on any atom is 0.338 e. The van der Waals surface area contributed by atoms with Gasteiger partial charge in [-0.3, -0.25) is 4.90 Å². The summed E-state index contributed by atoms with van der Waals surface area (Å²) in [4.78, 5) is 14.1. The summed E-state index contributed by atoms with van der Waals surface area (Å²) in [6, 6.07) is 7.57. The molecule has 116 valence electrons. The van der Waals surface area contributed by atoms with Gasteiger partial charge in [0.25, 0.3) is 0 Å². The van der Waals surface area contributed by atoms with Crippen LogP contribution in [0.4, 0.5) is 0 Å². The molecule has 1 aromatic rings. The maximum absolute atomic E-state index is 11.8. The van der Waals surface area contributed by atoms with Crippen molar-refractivity contribution in [1.82, 2.24) is 4.90 Å². The summed E-state index contributed by atoms with van der Waals surface area (Å²) in [5.41, 5.74) is 1.64. The van der Waals surface area contributed by atoms with E-state index in [0.29, 0.717) is 12.2 Å². The lowest BCUT2D eigenvalue weighted by atomic mass is 10.0. The van der Waals surface area contributed by atoms with Crippen molar-refractivity contribution in [2.24, 2.45) is 0 Å². The van der Waals surface area contributed by atoms with Crippen molar-refractivity contribution < 1.29 is 19.4 Å². The van der Waals surface area contributed by atoms with Crippen LogP contribution in [0.5, 0.6) is 0 Å². The molecule has 1 aliphatic rings. The Balaban J connectivity index is 1.90. The van der Waals surface area contributed by atoms with E-state index in [4.69, 9.17) is 14.6 Å². The topological polar surface area (TPSA) is 59.0 Å². The number of benzene rings is 1. The number of hydrogen-bond acceptors (Lipinski definition) is 5. The van der Waals surface area contributed by atoms with Crippen LogP contribution in [0.3, 0.4) is 0 Å². The van der Waals surface area contributed by atoms with Crippen LogP contribution >= 0.6 is 0 Å². The van der Waals surface area contributed by atoms with Crippen LogP contribution in [0.25, 0.3) is 0 Å². The van der Waals surface area contributed by atoms with Crippen LogP contribution in [0, 0.1) is 0 Å². The normalized spacial score (nSPS) is 16.9. The van der Waals surface area contributed by atoms with E-state index in [1.165, 1.54) is 7.11 Å². The number of nitrogens with zero attached hydrogens (tertiary/aromatic N) is 1. The van der Waals surface area contributed by atoms with E-state index in [1.54, 1.807) is 6.07 Å². The van der Waals surface area contributed by atoms with Gasteiger partial charge in [0.05, 0.1) is 32.0 Å². The van der Waals surface area contributed by atoms with E-state index < -0.39 is 0 Å². The minimum Gasteiger partial charge on any atom is -0.465 e. The molecule has 0 aliphatic carbocycles. The predicted octanol–water partition coefficient (Wildman–Crippen LogP) is 1.45. The molecule has 1 heterocycles. The quantitative estimate of drug-likeness (QED) is 0.804. The Morgan fingerprint density at radius 3 is 2.71 bits per heavy atom. The zero-order valence-corrected chi connectivity index (χ0v) is 12.5. The second kappa shape index (κ2) is 8.12. The van der Waals surface area contributed by atoms with Gasteiger partial charge in [-0.05, 0) is 24.5 Å². The standard InChI is InChI=1S/C16H23NO4/c1-20-16(19)15-5-3-2-4-13(15)12-17-8-6-14(7-9-17)21-11-10-18/h2-5,14,18H,6-12H2,1H3. The first-order chi connectivity index (χ1) is 10.2. The van der Waals surface area contributed by atoms with Gasteiger partial charge in [0, 0.05) is 19.6 Å². The lowest BCUT2D eigenvalue weighted by Gasteiger charge is -2.32. The van der Waals surface area contributed by atoms with Gasteiger partial charge in [0.2, 0.25) is 0 Å². The SMILES string of the molecule is COC(=O)c1ccccc1CN1CCC(OCCO)CC1. The summed E-state index contributed by atoms with van der Waals surface area (Å²) in [5, 5.41) is 8.77. The summed E-state index contributed by atoms with van der Waals surface area (Å²) in [6.45, 7) is 3.11. The van der Waals surface area contributed by atoms with E-state index >= 15 is 0 Å². The summed E-state index contributed by atoms with van der Waals surface area (Å²) >= 11 is 0. The Morgan fingerprint density at radius 1 is 1.33 bits per heavy atom. The number of esters is 1. The first-order valence-corrected chi connectivity index (χ1v) is 7.35. The molecule has 0 amide bonds. The number of rotatable bonds is 6. The fourth-order valence-corrected chi connectivity index (χ4v) is 2.66. The molecule has 0 atom stereocenters. The second-order valence-corrected chi connectivity index (χ2v) is 5.22.